The highest BCUT2D eigenvalue weighted by molar-refractivity contribution is 4.61. The molecule has 0 saturated carbocycles. The van der Waals surface area contributed by atoms with Crippen molar-refractivity contribution in [2.75, 3.05) is 46.6 Å². The van der Waals surface area contributed by atoms with Crippen molar-refractivity contribution in [3.05, 3.63) is 0 Å². The largest absolute Gasteiger partial charge is 0.383 e. The predicted octanol–water partition coefficient (Wildman–Crippen LogP) is 2.38. The van der Waals surface area contributed by atoms with Crippen LogP contribution in [0.4, 0.5) is 0 Å². The van der Waals surface area contributed by atoms with Crippen LogP contribution in [0.1, 0.15) is 34.1 Å². The summed E-state index contributed by atoms with van der Waals surface area (Å²) in [6.07, 6.45) is 0.843. The summed E-state index contributed by atoms with van der Waals surface area (Å²) in [7, 11) is 1.75. The van der Waals surface area contributed by atoms with Crippen LogP contribution in [0.25, 0.3) is 0 Å². The monoisotopic (exact) mass is 261 g/mol. The molecule has 0 aliphatic carbocycles. The van der Waals surface area contributed by atoms with Gasteiger partial charge in [-0.05, 0) is 19.8 Å². The fourth-order valence-corrected chi connectivity index (χ4v) is 1.91. The van der Waals surface area contributed by atoms with Gasteiger partial charge in [0.05, 0.1) is 6.61 Å². The maximum absolute atomic E-state index is 5.56. The van der Waals surface area contributed by atoms with Crippen LogP contribution in [-0.2, 0) is 14.2 Å². The number of rotatable bonds is 12. The second kappa shape index (κ2) is 11.9. The van der Waals surface area contributed by atoms with Crippen LogP contribution in [0.3, 0.4) is 0 Å². The fourth-order valence-electron chi connectivity index (χ4n) is 1.91. The van der Waals surface area contributed by atoms with E-state index < -0.39 is 0 Å². The van der Waals surface area contributed by atoms with Gasteiger partial charge in [-0.1, -0.05) is 13.8 Å². The highest BCUT2D eigenvalue weighted by Gasteiger charge is 2.12. The van der Waals surface area contributed by atoms with E-state index in [1.807, 2.05) is 13.8 Å². The van der Waals surface area contributed by atoms with E-state index in [4.69, 9.17) is 14.2 Å². The molecule has 0 aromatic carbocycles. The van der Waals surface area contributed by atoms with Gasteiger partial charge in [0.2, 0.25) is 0 Å². The van der Waals surface area contributed by atoms with Gasteiger partial charge in [-0.2, -0.15) is 0 Å². The van der Waals surface area contributed by atoms with Gasteiger partial charge >= 0.3 is 0 Å². The van der Waals surface area contributed by atoms with Gasteiger partial charge < -0.3 is 19.1 Å². The lowest BCUT2D eigenvalue weighted by Gasteiger charge is -2.26. The minimum Gasteiger partial charge on any atom is -0.383 e. The van der Waals surface area contributed by atoms with Crippen molar-refractivity contribution in [2.45, 2.75) is 40.4 Å². The Morgan fingerprint density at radius 2 is 1.61 bits per heavy atom. The first-order valence-electron chi connectivity index (χ1n) is 7.08. The third-order valence-corrected chi connectivity index (χ3v) is 2.62. The third-order valence-electron chi connectivity index (χ3n) is 2.62. The van der Waals surface area contributed by atoms with E-state index in [9.17, 15) is 0 Å². The maximum atomic E-state index is 5.56. The van der Waals surface area contributed by atoms with E-state index in [0.29, 0.717) is 19.1 Å². The zero-order chi connectivity index (χ0) is 13.8. The predicted molar refractivity (Wildman–Crippen MR) is 74.8 cm³/mol. The standard InChI is InChI=1S/C14H31NO3/c1-6-17-14(18-7-2)8-9-15(10-11-16-5)12-13(3)4/h13-14H,6-12H2,1-5H3. The van der Waals surface area contributed by atoms with E-state index in [1.165, 1.54) is 0 Å². The Hall–Kier alpha value is -0.160. The Labute approximate surface area is 113 Å². The fraction of sp³-hybridized carbons (Fsp3) is 1.00. The van der Waals surface area contributed by atoms with E-state index in [0.717, 1.165) is 32.7 Å². The van der Waals surface area contributed by atoms with Crippen LogP contribution >= 0.6 is 0 Å². The van der Waals surface area contributed by atoms with Gasteiger partial charge in [0.25, 0.3) is 0 Å². The summed E-state index contributed by atoms with van der Waals surface area (Å²) in [6.45, 7) is 13.7. The molecular weight excluding hydrogens is 230 g/mol. The maximum Gasteiger partial charge on any atom is 0.158 e. The molecule has 0 amide bonds. The van der Waals surface area contributed by atoms with Crippen molar-refractivity contribution in [1.82, 2.24) is 4.90 Å². The average Bonchev–Trinajstić information content (AvgIpc) is 2.32. The molecule has 0 heterocycles. The second-order valence-electron chi connectivity index (χ2n) is 4.82. The van der Waals surface area contributed by atoms with Crippen LogP contribution < -0.4 is 0 Å². The lowest BCUT2D eigenvalue weighted by Crippen LogP contribution is -2.34. The van der Waals surface area contributed by atoms with Crippen molar-refractivity contribution in [3.8, 4) is 0 Å². The number of hydrogen-bond acceptors (Lipinski definition) is 4. The van der Waals surface area contributed by atoms with Crippen molar-refractivity contribution >= 4 is 0 Å². The smallest absolute Gasteiger partial charge is 0.158 e. The number of nitrogens with zero attached hydrogens (tertiary/aromatic N) is 1. The normalized spacial score (nSPS) is 12.0. The molecule has 0 unspecified atom stereocenters. The van der Waals surface area contributed by atoms with Gasteiger partial charge in [-0.15, -0.1) is 0 Å². The number of ether oxygens (including phenoxy) is 3. The van der Waals surface area contributed by atoms with Crippen LogP contribution in [0.15, 0.2) is 0 Å². The van der Waals surface area contributed by atoms with Gasteiger partial charge in [0.15, 0.2) is 6.29 Å². The van der Waals surface area contributed by atoms with Crippen LogP contribution in [0.5, 0.6) is 0 Å². The highest BCUT2D eigenvalue weighted by Crippen LogP contribution is 2.06. The summed E-state index contributed by atoms with van der Waals surface area (Å²) in [5.41, 5.74) is 0. The molecule has 4 nitrogen and oxygen atoms in total. The van der Waals surface area contributed by atoms with Crippen molar-refractivity contribution in [3.63, 3.8) is 0 Å². The quantitative estimate of drug-likeness (QED) is 0.505. The molecule has 110 valence electrons. The molecule has 0 atom stereocenters. The Morgan fingerprint density at radius 1 is 1.00 bits per heavy atom. The Morgan fingerprint density at radius 3 is 2.06 bits per heavy atom. The van der Waals surface area contributed by atoms with Gasteiger partial charge in [-0.25, -0.2) is 0 Å². The summed E-state index contributed by atoms with van der Waals surface area (Å²) in [4.78, 5) is 2.42. The molecule has 0 spiro atoms. The third kappa shape index (κ3) is 9.83. The Kier molecular flexibility index (Phi) is 11.8. The van der Waals surface area contributed by atoms with Gasteiger partial charge in [-0.3, -0.25) is 0 Å². The lowest BCUT2D eigenvalue weighted by atomic mass is 10.2. The molecule has 0 bridgehead atoms. The molecule has 0 aliphatic heterocycles. The molecule has 0 aromatic rings. The Balaban J connectivity index is 4.02. The molecule has 0 rings (SSSR count). The SMILES string of the molecule is CCOC(CCN(CCOC)CC(C)C)OCC. The average molecular weight is 261 g/mol. The van der Waals surface area contributed by atoms with Gasteiger partial charge in [0.1, 0.15) is 0 Å². The van der Waals surface area contributed by atoms with E-state index in [1.54, 1.807) is 7.11 Å². The van der Waals surface area contributed by atoms with E-state index >= 15 is 0 Å². The van der Waals surface area contributed by atoms with Crippen LogP contribution in [0, 0.1) is 5.92 Å². The molecule has 4 heteroatoms. The molecule has 18 heavy (non-hydrogen) atoms. The van der Waals surface area contributed by atoms with Crippen LogP contribution in [-0.4, -0.2) is 57.8 Å². The van der Waals surface area contributed by atoms with E-state index in [-0.39, 0.29) is 6.29 Å². The molecule has 0 aromatic heterocycles. The number of methoxy groups -OCH3 is 1. The summed E-state index contributed by atoms with van der Waals surface area (Å²) in [5, 5.41) is 0. The first-order chi connectivity index (χ1) is 8.63. The molecular formula is C14H31NO3. The molecule has 0 saturated heterocycles. The number of hydrogen-bond donors (Lipinski definition) is 0. The first-order valence-corrected chi connectivity index (χ1v) is 7.08. The topological polar surface area (TPSA) is 30.9 Å². The van der Waals surface area contributed by atoms with E-state index in [2.05, 4.69) is 18.7 Å². The summed E-state index contributed by atoms with van der Waals surface area (Å²) >= 11 is 0. The first kappa shape index (κ1) is 17.8. The highest BCUT2D eigenvalue weighted by atomic mass is 16.7. The zero-order valence-corrected chi connectivity index (χ0v) is 12.8. The summed E-state index contributed by atoms with van der Waals surface area (Å²) in [5.74, 6) is 0.666. The molecule has 0 radical (unpaired) electrons. The van der Waals surface area contributed by atoms with Crippen molar-refractivity contribution in [2.24, 2.45) is 5.92 Å². The van der Waals surface area contributed by atoms with Crippen molar-refractivity contribution < 1.29 is 14.2 Å². The summed E-state index contributed by atoms with van der Waals surface area (Å²) < 4.78 is 16.3. The van der Waals surface area contributed by atoms with Gasteiger partial charge in [0, 0.05) is 46.4 Å². The molecule has 0 N–H and O–H groups in total. The second-order valence-corrected chi connectivity index (χ2v) is 4.82. The Bertz CT molecular complexity index is 170. The minimum absolute atomic E-state index is 0.0720. The zero-order valence-electron chi connectivity index (χ0n) is 12.8. The molecule has 0 fully saturated rings. The molecule has 0 aliphatic rings. The lowest BCUT2D eigenvalue weighted by molar-refractivity contribution is -0.142. The minimum atomic E-state index is -0.0720. The van der Waals surface area contributed by atoms with Crippen molar-refractivity contribution in [1.29, 1.82) is 0 Å². The van der Waals surface area contributed by atoms with Crippen LogP contribution in [0.2, 0.25) is 0 Å². The summed E-state index contributed by atoms with van der Waals surface area (Å²) in [6, 6.07) is 0.